The normalized spacial score (nSPS) is 12.9. The second kappa shape index (κ2) is 8.33. The Kier molecular flexibility index (Phi) is 7.47. The third-order valence-corrected chi connectivity index (χ3v) is 4.68. The van der Waals surface area contributed by atoms with E-state index in [4.69, 9.17) is 4.42 Å². The fourth-order valence-electron chi connectivity index (χ4n) is 1.82. The first-order valence-corrected chi connectivity index (χ1v) is 7.90. The van der Waals surface area contributed by atoms with Crippen molar-refractivity contribution in [3.05, 3.63) is 21.0 Å². The van der Waals surface area contributed by atoms with Crippen LogP contribution in [0.5, 0.6) is 0 Å². The predicted octanol–water partition coefficient (Wildman–Crippen LogP) is 5.11. The quantitative estimate of drug-likeness (QED) is 0.691. The molecule has 1 heterocycles. The van der Waals surface area contributed by atoms with Crippen molar-refractivity contribution in [2.45, 2.75) is 46.1 Å². The SMILES string of the molecule is CCCCC(CC)CNCc1cc(Br)c(Br)o1. The zero-order chi connectivity index (χ0) is 12.7. The van der Waals surface area contributed by atoms with Crippen molar-refractivity contribution in [3.8, 4) is 0 Å². The largest absolute Gasteiger partial charge is 0.452 e. The van der Waals surface area contributed by atoms with Crippen molar-refractivity contribution in [3.63, 3.8) is 0 Å². The van der Waals surface area contributed by atoms with E-state index in [1.54, 1.807) is 0 Å². The topological polar surface area (TPSA) is 25.2 Å². The molecule has 1 N–H and O–H groups in total. The van der Waals surface area contributed by atoms with Gasteiger partial charge in [-0.3, -0.25) is 0 Å². The monoisotopic (exact) mass is 365 g/mol. The average molecular weight is 367 g/mol. The molecule has 2 nitrogen and oxygen atoms in total. The minimum atomic E-state index is 0.771. The van der Waals surface area contributed by atoms with E-state index in [2.05, 4.69) is 51.0 Å². The highest BCUT2D eigenvalue weighted by Crippen LogP contribution is 2.26. The van der Waals surface area contributed by atoms with Crippen LogP contribution in [0.3, 0.4) is 0 Å². The molecule has 1 aromatic rings. The Morgan fingerprint density at radius 3 is 2.65 bits per heavy atom. The Morgan fingerprint density at radius 1 is 1.35 bits per heavy atom. The molecule has 0 fully saturated rings. The number of hydrogen-bond donors (Lipinski definition) is 1. The third-order valence-electron chi connectivity index (χ3n) is 2.97. The highest BCUT2D eigenvalue weighted by molar-refractivity contribution is 9.13. The summed E-state index contributed by atoms with van der Waals surface area (Å²) in [5.74, 6) is 1.76. The molecule has 4 heteroatoms. The van der Waals surface area contributed by atoms with Crippen molar-refractivity contribution in [2.24, 2.45) is 5.92 Å². The van der Waals surface area contributed by atoms with Crippen molar-refractivity contribution in [1.82, 2.24) is 5.32 Å². The smallest absolute Gasteiger partial charge is 0.183 e. The van der Waals surface area contributed by atoms with Crippen LogP contribution in [0.4, 0.5) is 0 Å². The van der Waals surface area contributed by atoms with Crippen molar-refractivity contribution in [1.29, 1.82) is 0 Å². The summed E-state index contributed by atoms with van der Waals surface area (Å²) < 4.78 is 7.27. The van der Waals surface area contributed by atoms with Crippen LogP contribution < -0.4 is 5.32 Å². The Morgan fingerprint density at radius 2 is 2.12 bits per heavy atom. The van der Waals surface area contributed by atoms with Gasteiger partial charge in [-0.2, -0.15) is 0 Å². The number of furan rings is 1. The summed E-state index contributed by atoms with van der Waals surface area (Å²) in [5, 5.41) is 3.47. The van der Waals surface area contributed by atoms with E-state index in [0.29, 0.717) is 0 Å². The number of halogens is 2. The molecule has 1 unspecified atom stereocenters. The molecule has 17 heavy (non-hydrogen) atoms. The fraction of sp³-hybridized carbons (Fsp3) is 0.692. The molecular weight excluding hydrogens is 346 g/mol. The zero-order valence-electron chi connectivity index (χ0n) is 10.6. The van der Waals surface area contributed by atoms with E-state index in [0.717, 1.165) is 33.9 Å². The fourth-order valence-corrected chi connectivity index (χ4v) is 2.48. The average Bonchev–Trinajstić information content (AvgIpc) is 2.63. The lowest BCUT2D eigenvalue weighted by molar-refractivity contribution is 0.399. The van der Waals surface area contributed by atoms with Gasteiger partial charge in [0.15, 0.2) is 4.67 Å². The van der Waals surface area contributed by atoms with E-state index in [-0.39, 0.29) is 0 Å². The molecular formula is C13H21Br2NO. The first kappa shape index (κ1) is 15.3. The molecule has 0 aliphatic carbocycles. The highest BCUT2D eigenvalue weighted by atomic mass is 79.9. The molecule has 0 saturated heterocycles. The lowest BCUT2D eigenvalue weighted by Gasteiger charge is -2.14. The molecule has 0 aliphatic rings. The minimum Gasteiger partial charge on any atom is -0.452 e. The molecule has 0 saturated carbocycles. The molecule has 98 valence electrons. The summed E-state index contributed by atoms with van der Waals surface area (Å²) in [6, 6.07) is 2.00. The summed E-state index contributed by atoms with van der Waals surface area (Å²) in [4.78, 5) is 0. The van der Waals surface area contributed by atoms with Gasteiger partial charge in [0.25, 0.3) is 0 Å². The van der Waals surface area contributed by atoms with Crippen LogP contribution in [0.15, 0.2) is 19.6 Å². The summed E-state index contributed by atoms with van der Waals surface area (Å²) >= 11 is 6.76. The molecule has 0 spiro atoms. The molecule has 1 aromatic heterocycles. The first-order chi connectivity index (χ1) is 8.17. The number of hydrogen-bond acceptors (Lipinski definition) is 2. The maximum Gasteiger partial charge on any atom is 0.183 e. The first-order valence-electron chi connectivity index (χ1n) is 6.31. The van der Waals surface area contributed by atoms with Crippen molar-refractivity contribution >= 4 is 31.9 Å². The van der Waals surface area contributed by atoms with Crippen molar-refractivity contribution < 1.29 is 4.42 Å². The Balaban J connectivity index is 2.26. The van der Waals surface area contributed by atoms with E-state index >= 15 is 0 Å². The van der Waals surface area contributed by atoms with Gasteiger partial charge in [-0.25, -0.2) is 0 Å². The van der Waals surface area contributed by atoms with Crippen LogP contribution in [0.2, 0.25) is 0 Å². The number of unbranched alkanes of at least 4 members (excludes halogenated alkanes) is 1. The maximum absolute atomic E-state index is 5.52. The van der Waals surface area contributed by atoms with Gasteiger partial charge in [0.2, 0.25) is 0 Å². The summed E-state index contributed by atoms with van der Waals surface area (Å²) in [5.41, 5.74) is 0. The lowest BCUT2D eigenvalue weighted by atomic mass is 9.99. The van der Waals surface area contributed by atoms with Gasteiger partial charge in [-0.1, -0.05) is 33.1 Å². The van der Waals surface area contributed by atoms with E-state index < -0.39 is 0 Å². The van der Waals surface area contributed by atoms with E-state index in [9.17, 15) is 0 Å². The Bertz CT molecular complexity index is 306. The van der Waals surface area contributed by atoms with Crippen LogP contribution in [0.1, 0.15) is 45.3 Å². The Hall–Kier alpha value is 0.200. The second-order valence-electron chi connectivity index (χ2n) is 4.38. The highest BCUT2D eigenvalue weighted by Gasteiger charge is 2.08. The standard InChI is InChI=1S/C13H21Br2NO/c1-3-5-6-10(4-2)8-16-9-11-7-12(14)13(15)17-11/h7,10,16H,3-6,8-9H2,1-2H3. The van der Waals surface area contributed by atoms with Gasteiger partial charge in [0.1, 0.15) is 5.76 Å². The number of nitrogens with one attached hydrogen (secondary N) is 1. The maximum atomic E-state index is 5.52. The lowest BCUT2D eigenvalue weighted by Crippen LogP contribution is -2.21. The van der Waals surface area contributed by atoms with Crippen LogP contribution in [-0.2, 0) is 6.54 Å². The zero-order valence-corrected chi connectivity index (χ0v) is 13.7. The summed E-state index contributed by atoms with van der Waals surface area (Å²) in [6.07, 6.45) is 5.19. The third kappa shape index (κ3) is 5.58. The second-order valence-corrected chi connectivity index (χ2v) is 5.96. The molecule has 0 radical (unpaired) electrons. The summed E-state index contributed by atoms with van der Waals surface area (Å²) in [7, 11) is 0. The van der Waals surface area contributed by atoms with Crippen molar-refractivity contribution in [2.75, 3.05) is 6.54 Å². The van der Waals surface area contributed by atoms with Crippen LogP contribution in [0, 0.1) is 5.92 Å². The van der Waals surface area contributed by atoms with Crippen LogP contribution >= 0.6 is 31.9 Å². The molecule has 1 atom stereocenters. The molecule has 0 bridgehead atoms. The van der Waals surface area contributed by atoms with Gasteiger partial charge in [-0.05, 0) is 56.8 Å². The molecule has 1 rings (SSSR count). The van der Waals surface area contributed by atoms with Gasteiger partial charge >= 0.3 is 0 Å². The number of rotatable bonds is 8. The Labute approximate surface area is 121 Å². The molecule has 0 aromatic carbocycles. The van der Waals surface area contributed by atoms with E-state index in [1.165, 1.54) is 25.7 Å². The summed E-state index contributed by atoms with van der Waals surface area (Å²) in [6.45, 7) is 6.39. The van der Waals surface area contributed by atoms with Crippen LogP contribution in [-0.4, -0.2) is 6.54 Å². The predicted molar refractivity (Wildman–Crippen MR) is 79.1 cm³/mol. The van der Waals surface area contributed by atoms with Gasteiger partial charge in [-0.15, -0.1) is 0 Å². The molecule has 0 amide bonds. The minimum absolute atomic E-state index is 0.771. The van der Waals surface area contributed by atoms with Gasteiger partial charge in [0, 0.05) is 0 Å². The van der Waals surface area contributed by atoms with E-state index in [1.807, 2.05) is 6.07 Å². The van der Waals surface area contributed by atoms with Crippen LogP contribution in [0.25, 0.3) is 0 Å². The molecule has 0 aliphatic heterocycles. The van der Waals surface area contributed by atoms with Gasteiger partial charge < -0.3 is 9.73 Å². The van der Waals surface area contributed by atoms with Gasteiger partial charge in [0.05, 0.1) is 11.0 Å².